The molecule has 0 aliphatic heterocycles. The van der Waals surface area contributed by atoms with Crippen LogP contribution in [0, 0.1) is 0 Å². The van der Waals surface area contributed by atoms with Crippen molar-refractivity contribution in [3.8, 4) is 0 Å². The zero-order valence-electron chi connectivity index (χ0n) is 16.6. The highest BCUT2D eigenvalue weighted by Gasteiger charge is 2.38. The molecular weight excluding hydrogens is 420 g/mol. The van der Waals surface area contributed by atoms with Gasteiger partial charge in [-0.05, 0) is 67.2 Å². The molecule has 0 atom stereocenters. The van der Waals surface area contributed by atoms with Crippen LogP contribution in [0.3, 0.4) is 0 Å². The summed E-state index contributed by atoms with van der Waals surface area (Å²) in [5, 5.41) is 3.72. The van der Waals surface area contributed by atoms with Crippen LogP contribution in [0.1, 0.15) is 43.2 Å². The van der Waals surface area contributed by atoms with Crippen molar-refractivity contribution in [2.45, 2.75) is 48.5 Å². The van der Waals surface area contributed by atoms with Gasteiger partial charge in [0.1, 0.15) is 0 Å². The van der Waals surface area contributed by atoms with Gasteiger partial charge in [0.25, 0.3) is 0 Å². The van der Waals surface area contributed by atoms with E-state index in [0.717, 1.165) is 37.7 Å². The molecule has 2 saturated carbocycles. The highest BCUT2D eigenvalue weighted by atomic mass is 35.5. The van der Waals surface area contributed by atoms with Crippen molar-refractivity contribution in [1.82, 2.24) is 10.0 Å². The molecule has 1 amide bonds. The second-order valence-electron chi connectivity index (χ2n) is 8.16. The van der Waals surface area contributed by atoms with Gasteiger partial charge in [-0.2, -0.15) is 0 Å². The molecule has 2 aliphatic rings. The molecule has 0 heterocycles. The molecule has 4 rings (SSSR count). The summed E-state index contributed by atoms with van der Waals surface area (Å²) < 4.78 is 27.1. The van der Waals surface area contributed by atoms with E-state index in [1.165, 1.54) is 11.6 Å². The first-order chi connectivity index (χ1) is 14.4. The van der Waals surface area contributed by atoms with Gasteiger partial charge in [0.15, 0.2) is 0 Å². The van der Waals surface area contributed by atoms with Gasteiger partial charge in [-0.25, -0.2) is 13.1 Å². The number of rotatable bonds is 8. The first kappa shape index (κ1) is 21.1. The summed E-state index contributed by atoms with van der Waals surface area (Å²) in [7, 11) is -3.46. The molecule has 2 N–H and O–H groups in total. The predicted octanol–water partition coefficient (Wildman–Crippen LogP) is 4.03. The molecule has 158 valence electrons. The number of nitrogens with one attached hydrogen (secondary N) is 2. The summed E-state index contributed by atoms with van der Waals surface area (Å²) in [6, 6.07) is 14.5. The fraction of sp³-hybridized carbons (Fsp3) is 0.348. The van der Waals surface area contributed by atoms with Gasteiger partial charge in [-0.1, -0.05) is 42.3 Å². The summed E-state index contributed by atoms with van der Waals surface area (Å²) >= 11 is 5.99. The lowest BCUT2D eigenvalue weighted by atomic mass is 9.64. The minimum absolute atomic E-state index is 0.0152. The van der Waals surface area contributed by atoms with E-state index < -0.39 is 10.0 Å². The van der Waals surface area contributed by atoms with Gasteiger partial charge in [-0.3, -0.25) is 4.79 Å². The highest BCUT2D eigenvalue weighted by molar-refractivity contribution is 7.89. The molecule has 2 aliphatic carbocycles. The van der Waals surface area contributed by atoms with Crippen LogP contribution in [0.5, 0.6) is 0 Å². The Morgan fingerprint density at radius 1 is 1.07 bits per heavy atom. The molecule has 0 bridgehead atoms. The summed E-state index contributed by atoms with van der Waals surface area (Å²) in [4.78, 5) is 12.6. The van der Waals surface area contributed by atoms with Crippen LogP contribution < -0.4 is 10.0 Å². The molecule has 0 saturated heterocycles. The minimum Gasteiger partial charge on any atom is -0.352 e. The van der Waals surface area contributed by atoms with E-state index in [4.69, 9.17) is 11.6 Å². The van der Waals surface area contributed by atoms with Gasteiger partial charge in [0, 0.05) is 29.1 Å². The second-order valence-corrected chi connectivity index (χ2v) is 10.3. The Morgan fingerprint density at radius 3 is 2.30 bits per heavy atom. The Hall–Kier alpha value is -2.15. The van der Waals surface area contributed by atoms with E-state index in [2.05, 4.69) is 10.0 Å². The molecule has 30 heavy (non-hydrogen) atoms. The normalized spacial score (nSPS) is 18.2. The lowest BCUT2D eigenvalue weighted by Gasteiger charge is -2.42. The number of halogens is 1. The molecule has 2 fully saturated rings. The number of carbonyl (C=O) groups is 1. The van der Waals surface area contributed by atoms with Crippen molar-refractivity contribution in [2.24, 2.45) is 0 Å². The first-order valence-electron chi connectivity index (χ1n) is 10.2. The predicted molar refractivity (Wildman–Crippen MR) is 119 cm³/mol. The maximum atomic E-state index is 12.3. The first-order valence-corrected chi connectivity index (χ1v) is 12.1. The van der Waals surface area contributed by atoms with Gasteiger partial charge in [0.2, 0.25) is 15.9 Å². The van der Waals surface area contributed by atoms with Gasteiger partial charge < -0.3 is 5.32 Å². The van der Waals surface area contributed by atoms with Crippen molar-refractivity contribution in [1.29, 1.82) is 0 Å². The summed E-state index contributed by atoms with van der Waals surface area (Å²) in [6.07, 6.45) is 8.21. The molecule has 2 aromatic carbocycles. The van der Waals surface area contributed by atoms with Crippen LogP contribution in [0.2, 0.25) is 5.02 Å². The van der Waals surface area contributed by atoms with Crippen LogP contribution >= 0.6 is 11.6 Å². The number of benzene rings is 2. The van der Waals surface area contributed by atoms with Gasteiger partial charge in [-0.15, -0.1) is 0 Å². The third kappa shape index (κ3) is 4.94. The Morgan fingerprint density at radius 2 is 1.73 bits per heavy atom. The summed E-state index contributed by atoms with van der Waals surface area (Å²) in [5.74, 6) is -0.165. The zero-order valence-corrected chi connectivity index (χ0v) is 18.2. The Bertz CT molecular complexity index is 1040. The van der Waals surface area contributed by atoms with E-state index in [1.807, 2.05) is 24.3 Å². The minimum atomic E-state index is -3.46. The number of carbonyl (C=O) groups excluding carboxylic acids is 1. The summed E-state index contributed by atoms with van der Waals surface area (Å²) in [6.45, 7) is 0.585. The Balaban J connectivity index is 1.34. The lowest BCUT2D eigenvalue weighted by molar-refractivity contribution is -0.116. The standard InChI is InChI=1S/C23H25ClN2O3S/c24-19-7-5-18(6-8-19)23(14-1-15-23)16-25-22(27)13-4-17-2-11-21(12-3-17)30(28,29)26-20-9-10-20/h2-8,11-13,20,26H,1,9-10,14-16H2,(H,25,27). The molecule has 0 radical (unpaired) electrons. The third-order valence-corrected chi connectivity index (χ3v) is 7.67. The van der Waals surface area contributed by atoms with Gasteiger partial charge in [0.05, 0.1) is 4.90 Å². The van der Waals surface area contributed by atoms with Gasteiger partial charge >= 0.3 is 0 Å². The van der Waals surface area contributed by atoms with Crippen molar-refractivity contribution in [3.05, 3.63) is 70.8 Å². The number of sulfonamides is 1. The monoisotopic (exact) mass is 444 g/mol. The summed E-state index contributed by atoms with van der Waals surface area (Å²) in [5.41, 5.74) is 1.96. The van der Waals surface area contributed by atoms with Crippen LogP contribution in [-0.2, 0) is 20.2 Å². The van der Waals surface area contributed by atoms with E-state index in [9.17, 15) is 13.2 Å². The smallest absolute Gasteiger partial charge is 0.244 e. The number of amides is 1. The van der Waals surface area contributed by atoms with E-state index in [1.54, 1.807) is 30.3 Å². The average molecular weight is 445 g/mol. The van der Waals surface area contributed by atoms with Crippen molar-refractivity contribution >= 4 is 33.6 Å². The number of hydrogen-bond donors (Lipinski definition) is 2. The van der Waals surface area contributed by atoms with Crippen molar-refractivity contribution in [3.63, 3.8) is 0 Å². The van der Waals surface area contributed by atoms with Crippen LogP contribution in [0.4, 0.5) is 0 Å². The molecule has 7 heteroatoms. The zero-order chi connectivity index (χ0) is 21.2. The van der Waals surface area contributed by atoms with Crippen LogP contribution in [0.25, 0.3) is 6.08 Å². The molecule has 0 spiro atoms. The highest BCUT2D eigenvalue weighted by Crippen LogP contribution is 2.43. The van der Waals surface area contributed by atoms with E-state index >= 15 is 0 Å². The second kappa shape index (κ2) is 8.53. The topological polar surface area (TPSA) is 75.3 Å². The van der Waals surface area contributed by atoms with E-state index in [-0.39, 0.29) is 22.3 Å². The lowest BCUT2D eigenvalue weighted by Crippen LogP contribution is -2.45. The molecule has 0 aromatic heterocycles. The SMILES string of the molecule is O=C(C=Cc1ccc(S(=O)(=O)NC2CC2)cc1)NCC1(c2ccc(Cl)cc2)CCC1. The molecule has 5 nitrogen and oxygen atoms in total. The molecular formula is C23H25ClN2O3S. The van der Waals surface area contributed by atoms with Crippen LogP contribution in [-0.4, -0.2) is 26.9 Å². The maximum absolute atomic E-state index is 12.3. The average Bonchev–Trinajstić information content (AvgIpc) is 3.50. The largest absolute Gasteiger partial charge is 0.352 e. The Labute approximate surface area is 182 Å². The van der Waals surface area contributed by atoms with E-state index in [0.29, 0.717) is 11.6 Å². The fourth-order valence-electron chi connectivity index (χ4n) is 3.71. The Kier molecular flexibility index (Phi) is 6.00. The molecule has 0 unspecified atom stereocenters. The van der Waals surface area contributed by atoms with Crippen molar-refractivity contribution < 1.29 is 13.2 Å². The third-order valence-electron chi connectivity index (χ3n) is 5.88. The molecule has 2 aromatic rings. The van der Waals surface area contributed by atoms with Crippen molar-refractivity contribution in [2.75, 3.05) is 6.54 Å². The fourth-order valence-corrected chi connectivity index (χ4v) is 5.14. The maximum Gasteiger partial charge on any atom is 0.244 e. The quantitative estimate of drug-likeness (QED) is 0.603. The van der Waals surface area contributed by atoms with Crippen LogP contribution in [0.15, 0.2) is 59.5 Å². The number of hydrogen-bond acceptors (Lipinski definition) is 3.